The first-order chi connectivity index (χ1) is 7.99. The van der Waals surface area contributed by atoms with Gasteiger partial charge < -0.3 is 10.3 Å². The maximum atomic E-state index is 10.8. The predicted molar refractivity (Wildman–Crippen MR) is 70.2 cm³/mol. The van der Waals surface area contributed by atoms with Crippen LogP contribution in [0.2, 0.25) is 0 Å². The van der Waals surface area contributed by atoms with E-state index in [9.17, 15) is 4.79 Å². The first-order valence-corrected chi connectivity index (χ1v) is 5.82. The summed E-state index contributed by atoms with van der Waals surface area (Å²) >= 11 is 0. The Hall–Kier alpha value is -1.61. The number of nitrogens with zero attached hydrogens (tertiary/aromatic N) is 1. The van der Waals surface area contributed by atoms with Gasteiger partial charge in [-0.05, 0) is 37.8 Å². The normalized spacial score (nSPS) is 11.9. The molecule has 2 rings (SSSR count). The van der Waals surface area contributed by atoms with Gasteiger partial charge >= 0.3 is 0 Å². The van der Waals surface area contributed by atoms with Gasteiger partial charge in [0, 0.05) is 29.4 Å². The molecular formula is C14H18N2O. The van der Waals surface area contributed by atoms with Crippen LogP contribution < -0.4 is 5.73 Å². The van der Waals surface area contributed by atoms with Crippen molar-refractivity contribution in [1.82, 2.24) is 4.57 Å². The molecule has 2 aromatic rings. The lowest BCUT2D eigenvalue weighted by Gasteiger charge is -2.18. The number of aromatic nitrogens is 1. The number of carbonyl (C=O) groups is 1. The first kappa shape index (κ1) is 11.9. The highest BCUT2D eigenvalue weighted by Crippen LogP contribution is 2.18. The second kappa shape index (κ2) is 4.34. The summed E-state index contributed by atoms with van der Waals surface area (Å²) in [4.78, 5) is 10.8. The third-order valence-corrected chi connectivity index (χ3v) is 2.93. The Morgan fingerprint density at radius 3 is 2.76 bits per heavy atom. The minimum atomic E-state index is -0.168. The molecule has 0 unspecified atom stereocenters. The van der Waals surface area contributed by atoms with Crippen molar-refractivity contribution in [1.29, 1.82) is 0 Å². The minimum absolute atomic E-state index is 0.168. The molecule has 90 valence electrons. The average molecular weight is 230 g/mol. The molecule has 0 atom stereocenters. The van der Waals surface area contributed by atoms with E-state index in [1.807, 2.05) is 38.2 Å². The maximum Gasteiger partial charge on any atom is 0.150 e. The highest BCUT2D eigenvalue weighted by molar-refractivity contribution is 5.87. The number of aldehydes is 1. The third kappa shape index (κ3) is 2.74. The fourth-order valence-corrected chi connectivity index (χ4v) is 1.88. The quantitative estimate of drug-likeness (QED) is 0.821. The van der Waals surface area contributed by atoms with Gasteiger partial charge in [-0.15, -0.1) is 0 Å². The summed E-state index contributed by atoms with van der Waals surface area (Å²) in [5.41, 5.74) is 7.62. The van der Waals surface area contributed by atoms with Crippen LogP contribution in [0.4, 0.5) is 0 Å². The van der Waals surface area contributed by atoms with Crippen LogP contribution in [0, 0.1) is 0 Å². The van der Waals surface area contributed by atoms with Crippen molar-refractivity contribution in [2.24, 2.45) is 5.73 Å². The van der Waals surface area contributed by atoms with Gasteiger partial charge in [0.05, 0.1) is 0 Å². The zero-order valence-corrected chi connectivity index (χ0v) is 10.3. The molecule has 0 saturated carbocycles. The van der Waals surface area contributed by atoms with Crippen LogP contribution >= 0.6 is 0 Å². The summed E-state index contributed by atoms with van der Waals surface area (Å²) < 4.78 is 2.15. The van der Waals surface area contributed by atoms with Gasteiger partial charge in [0.2, 0.25) is 0 Å². The average Bonchev–Trinajstić information content (AvgIpc) is 2.67. The van der Waals surface area contributed by atoms with Crippen molar-refractivity contribution in [2.75, 3.05) is 0 Å². The zero-order chi connectivity index (χ0) is 12.5. The highest BCUT2D eigenvalue weighted by atomic mass is 16.1. The molecule has 2 N–H and O–H groups in total. The second-order valence-corrected chi connectivity index (χ2v) is 5.18. The molecule has 0 fully saturated rings. The Bertz CT molecular complexity index is 535. The molecule has 0 aliphatic heterocycles. The minimum Gasteiger partial charge on any atom is -0.347 e. The first-order valence-electron chi connectivity index (χ1n) is 5.82. The van der Waals surface area contributed by atoms with Gasteiger partial charge in [-0.25, -0.2) is 0 Å². The van der Waals surface area contributed by atoms with Gasteiger partial charge in [0.1, 0.15) is 6.29 Å². The van der Waals surface area contributed by atoms with E-state index in [4.69, 9.17) is 5.73 Å². The van der Waals surface area contributed by atoms with Crippen LogP contribution in [0.1, 0.15) is 30.6 Å². The molecule has 0 aliphatic rings. The van der Waals surface area contributed by atoms with E-state index < -0.39 is 0 Å². The van der Waals surface area contributed by atoms with Crippen LogP contribution in [-0.4, -0.2) is 16.4 Å². The van der Waals surface area contributed by atoms with E-state index in [1.54, 1.807) is 0 Å². The molecule has 3 nitrogen and oxygen atoms in total. The van der Waals surface area contributed by atoms with Crippen molar-refractivity contribution in [3.8, 4) is 0 Å². The van der Waals surface area contributed by atoms with Crippen LogP contribution in [0.15, 0.2) is 30.5 Å². The van der Waals surface area contributed by atoms with Gasteiger partial charge in [-0.3, -0.25) is 4.79 Å². The number of nitrogens with two attached hydrogens (primary N) is 1. The maximum absolute atomic E-state index is 10.8. The van der Waals surface area contributed by atoms with Gasteiger partial charge in [-0.1, -0.05) is 12.1 Å². The lowest BCUT2D eigenvalue weighted by molar-refractivity contribution is 0.112. The number of benzene rings is 1. The summed E-state index contributed by atoms with van der Waals surface area (Å²) in [5.74, 6) is 0. The fraction of sp³-hybridized carbons (Fsp3) is 0.357. The number of hydrogen-bond acceptors (Lipinski definition) is 2. The Labute approximate surface area is 101 Å². The summed E-state index contributed by atoms with van der Waals surface area (Å²) in [6.45, 7) is 4.92. The lowest BCUT2D eigenvalue weighted by Crippen LogP contribution is -2.33. The molecule has 0 saturated heterocycles. The van der Waals surface area contributed by atoms with Crippen LogP contribution in [0.25, 0.3) is 10.9 Å². The number of hydrogen-bond donors (Lipinski definition) is 1. The number of rotatable bonds is 4. The predicted octanol–water partition coefficient (Wildman–Crippen LogP) is 2.58. The van der Waals surface area contributed by atoms with Gasteiger partial charge in [-0.2, -0.15) is 0 Å². The second-order valence-electron chi connectivity index (χ2n) is 5.18. The Morgan fingerprint density at radius 1 is 1.35 bits per heavy atom. The van der Waals surface area contributed by atoms with Crippen molar-refractivity contribution < 1.29 is 4.79 Å². The summed E-state index contributed by atoms with van der Waals surface area (Å²) in [7, 11) is 0. The van der Waals surface area contributed by atoms with Crippen molar-refractivity contribution in [3.63, 3.8) is 0 Å². The summed E-state index contributed by atoms with van der Waals surface area (Å²) in [6.07, 6.45) is 3.83. The monoisotopic (exact) mass is 230 g/mol. The molecule has 0 bridgehead atoms. The standard InChI is InChI=1S/C14H18N2O/c1-14(2,15)6-8-16-7-5-12-4-3-11(10-17)9-13(12)16/h3-5,7,9-10H,6,8,15H2,1-2H3. The van der Waals surface area contributed by atoms with Gasteiger partial charge in [0.15, 0.2) is 0 Å². The van der Waals surface area contributed by atoms with Crippen molar-refractivity contribution in [3.05, 3.63) is 36.0 Å². The third-order valence-electron chi connectivity index (χ3n) is 2.93. The van der Waals surface area contributed by atoms with Crippen LogP contribution in [0.5, 0.6) is 0 Å². The van der Waals surface area contributed by atoms with Crippen molar-refractivity contribution >= 4 is 17.2 Å². The smallest absolute Gasteiger partial charge is 0.150 e. The highest BCUT2D eigenvalue weighted by Gasteiger charge is 2.11. The lowest BCUT2D eigenvalue weighted by atomic mass is 10.0. The molecule has 1 heterocycles. The fourth-order valence-electron chi connectivity index (χ4n) is 1.88. The van der Waals surface area contributed by atoms with Crippen LogP contribution in [0.3, 0.4) is 0 Å². The Kier molecular flexibility index (Phi) is 3.03. The molecule has 0 radical (unpaired) electrons. The van der Waals surface area contributed by atoms with E-state index in [1.165, 1.54) is 0 Å². The SMILES string of the molecule is CC(C)(N)CCn1ccc2ccc(C=O)cc21. The molecular weight excluding hydrogens is 212 g/mol. The van der Waals surface area contributed by atoms with E-state index in [0.29, 0.717) is 5.56 Å². The van der Waals surface area contributed by atoms with Gasteiger partial charge in [0.25, 0.3) is 0 Å². The molecule has 3 heteroatoms. The largest absolute Gasteiger partial charge is 0.347 e. The van der Waals surface area contributed by atoms with E-state index in [-0.39, 0.29) is 5.54 Å². The molecule has 0 spiro atoms. The molecule has 1 aromatic carbocycles. The van der Waals surface area contributed by atoms with Crippen molar-refractivity contribution in [2.45, 2.75) is 32.4 Å². The zero-order valence-electron chi connectivity index (χ0n) is 10.3. The van der Waals surface area contributed by atoms with Crippen LogP contribution in [-0.2, 0) is 6.54 Å². The molecule has 17 heavy (non-hydrogen) atoms. The Morgan fingerprint density at radius 2 is 2.12 bits per heavy atom. The molecule has 0 aliphatic carbocycles. The number of fused-ring (bicyclic) bond motifs is 1. The topological polar surface area (TPSA) is 48.0 Å². The molecule has 1 aromatic heterocycles. The van der Waals surface area contributed by atoms with E-state index in [2.05, 4.69) is 10.6 Å². The Balaban J connectivity index is 2.31. The molecule has 0 amide bonds. The summed E-state index contributed by atoms with van der Waals surface area (Å²) in [6, 6.07) is 7.80. The number of aryl methyl sites for hydroxylation is 1. The number of carbonyl (C=O) groups excluding carboxylic acids is 1. The van der Waals surface area contributed by atoms with E-state index >= 15 is 0 Å². The summed E-state index contributed by atoms with van der Waals surface area (Å²) in [5, 5.41) is 1.16. The van der Waals surface area contributed by atoms with E-state index in [0.717, 1.165) is 30.2 Å².